The van der Waals surface area contributed by atoms with Gasteiger partial charge in [-0.05, 0) is 57.9 Å². The van der Waals surface area contributed by atoms with Crippen molar-refractivity contribution in [2.45, 2.75) is 59.3 Å². The molecule has 1 aliphatic rings. The molecule has 0 saturated carbocycles. The number of aromatic nitrogens is 2. The topological polar surface area (TPSA) is 33.1 Å². The van der Waals surface area contributed by atoms with E-state index in [1.807, 2.05) is 12.1 Å². The standard InChI is InChI=1S/C20H29ClN4/c1-4-25-16(3)20(15(2)23-25)12-22-19-6-5-11-24(14-19)13-17-7-9-18(21)10-8-17/h7-10,19,22H,4-6,11-14H2,1-3H3. The van der Waals surface area contributed by atoms with Gasteiger partial charge in [0.15, 0.2) is 0 Å². The number of rotatable bonds is 6. The van der Waals surface area contributed by atoms with E-state index in [9.17, 15) is 0 Å². The van der Waals surface area contributed by atoms with Gasteiger partial charge in [-0.1, -0.05) is 23.7 Å². The first-order valence-corrected chi connectivity index (χ1v) is 9.67. The van der Waals surface area contributed by atoms with Crippen molar-refractivity contribution in [3.63, 3.8) is 0 Å². The van der Waals surface area contributed by atoms with Crippen LogP contribution in [-0.2, 0) is 19.6 Å². The Kier molecular flexibility index (Phi) is 6.15. The van der Waals surface area contributed by atoms with Gasteiger partial charge in [-0.15, -0.1) is 0 Å². The lowest BCUT2D eigenvalue weighted by Gasteiger charge is -2.33. The van der Waals surface area contributed by atoms with Crippen LogP contribution in [0.25, 0.3) is 0 Å². The summed E-state index contributed by atoms with van der Waals surface area (Å²) in [5.41, 5.74) is 5.14. The molecular weight excluding hydrogens is 332 g/mol. The van der Waals surface area contributed by atoms with Crippen molar-refractivity contribution in [2.24, 2.45) is 0 Å². The summed E-state index contributed by atoms with van der Waals surface area (Å²) in [7, 11) is 0. The Bertz CT molecular complexity index is 692. The number of piperidine rings is 1. The van der Waals surface area contributed by atoms with Crippen molar-refractivity contribution in [2.75, 3.05) is 13.1 Å². The predicted molar refractivity (Wildman–Crippen MR) is 104 cm³/mol. The molecule has 0 spiro atoms. The number of aryl methyl sites for hydroxylation is 2. The van der Waals surface area contributed by atoms with E-state index in [1.165, 1.54) is 36.2 Å². The molecule has 1 aromatic carbocycles. The summed E-state index contributed by atoms with van der Waals surface area (Å²) in [6, 6.07) is 8.77. The highest BCUT2D eigenvalue weighted by atomic mass is 35.5. The van der Waals surface area contributed by atoms with Crippen LogP contribution < -0.4 is 5.32 Å². The molecule has 2 aromatic rings. The van der Waals surface area contributed by atoms with Crippen LogP contribution >= 0.6 is 11.6 Å². The third kappa shape index (κ3) is 4.63. The summed E-state index contributed by atoms with van der Waals surface area (Å²) in [6.45, 7) is 11.6. The fourth-order valence-corrected chi connectivity index (χ4v) is 3.88. The molecule has 4 nitrogen and oxygen atoms in total. The molecule has 0 bridgehead atoms. The van der Waals surface area contributed by atoms with E-state index in [2.05, 4.69) is 52.9 Å². The van der Waals surface area contributed by atoms with Crippen molar-refractivity contribution in [1.82, 2.24) is 20.0 Å². The van der Waals surface area contributed by atoms with E-state index in [0.717, 1.165) is 36.9 Å². The minimum Gasteiger partial charge on any atom is -0.309 e. The summed E-state index contributed by atoms with van der Waals surface area (Å²) in [4.78, 5) is 2.54. The predicted octanol–water partition coefficient (Wildman–Crippen LogP) is 3.93. The second-order valence-corrected chi connectivity index (χ2v) is 7.48. The summed E-state index contributed by atoms with van der Waals surface area (Å²) in [5, 5.41) is 9.20. The Morgan fingerprint density at radius 1 is 1.24 bits per heavy atom. The van der Waals surface area contributed by atoms with Crippen LogP contribution in [0.2, 0.25) is 5.02 Å². The number of nitrogens with one attached hydrogen (secondary N) is 1. The summed E-state index contributed by atoms with van der Waals surface area (Å²) in [5.74, 6) is 0. The van der Waals surface area contributed by atoms with Gasteiger partial charge in [-0.25, -0.2) is 0 Å². The van der Waals surface area contributed by atoms with Crippen molar-refractivity contribution >= 4 is 11.6 Å². The van der Waals surface area contributed by atoms with Gasteiger partial charge < -0.3 is 5.32 Å². The first kappa shape index (κ1) is 18.4. The highest BCUT2D eigenvalue weighted by molar-refractivity contribution is 6.30. The molecule has 0 radical (unpaired) electrons. The van der Waals surface area contributed by atoms with Gasteiger partial charge >= 0.3 is 0 Å². The average Bonchev–Trinajstić information content (AvgIpc) is 2.89. The van der Waals surface area contributed by atoms with Crippen LogP contribution in [0.1, 0.15) is 42.3 Å². The second-order valence-electron chi connectivity index (χ2n) is 7.05. The van der Waals surface area contributed by atoms with Crippen LogP contribution in [0.4, 0.5) is 0 Å². The monoisotopic (exact) mass is 360 g/mol. The molecule has 1 atom stereocenters. The van der Waals surface area contributed by atoms with E-state index >= 15 is 0 Å². The van der Waals surface area contributed by atoms with E-state index < -0.39 is 0 Å². The normalized spacial score (nSPS) is 18.6. The molecule has 1 fully saturated rings. The Balaban J connectivity index is 1.55. The second kappa shape index (κ2) is 8.35. The van der Waals surface area contributed by atoms with E-state index in [1.54, 1.807) is 0 Å². The Morgan fingerprint density at radius 3 is 2.68 bits per heavy atom. The first-order chi connectivity index (χ1) is 12.1. The van der Waals surface area contributed by atoms with Crippen LogP contribution in [0, 0.1) is 13.8 Å². The van der Waals surface area contributed by atoms with Gasteiger partial charge in [-0.2, -0.15) is 5.10 Å². The van der Waals surface area contributed by atoms with Crippen LogP contribution in [-0.4, -0.2) is 33.8 Å². The Morgan fingerprint density at radius 2 is 2.00 bits per heavy atom. The lowest BCUT2D eigenvalue weighted by molar-refractivity contribution is 0.182. The molecule has 0 amide bonds. The molecule has 25 heavy (non-hydrogen) atoms. The van der Waals surface area contributed by atoms with Crippen molar-refractivity contribution in [3.05, 3.63) is 51.8 Å². The quantitative estimate of drug-likeness (QED) is 0.847. The summed E-state index contributed by atoms with van der Waals surface area (Å²) < 4.78 is 2.10. The highest BCUT2D eigenvalue weighted by Gasteiger charge is 2.20. The van der Waals surface area contributed by atoms with Crippen LogP contribution in [0.3, 0.4) is 0 Å². The van der Waals surface area contributed by atoms with E-state index in [-0.39, 0.29) is 0 Å². The molecule has 0 aliphatic carbocycles. The number of hydrogen-bond acceptors (Lipinski definition) is 3. The third-order valence-electron chi connectivity index (χ3n) is 5.22. The van der Waals surface area contributed by atoms with Gasteiger partial charge in [0.25, 0.3) is 0 Å². The zero-order chi connectivity index (χ0) is 17.8. The largest absolute Gasteiger partial charge is 0.309 e. The molecule has 1 N–H and O–H groups in total. The summed E-state index contributed by atoms with van der Waals surface area (Å²) >= 11 is 5.98. The van der Waals surface area contributed by atoms with E-state index in [4.69, 9.17) is 11.6 Å². The molecule has 2 heterocycles. The van der Waals surface area contributed by atoms with Gasteiger partial charge in [-0.3, -0.25) is 9.58 Å². The van der Waals surface area contributed by atoms with Crippen molar-refractivity contribution in [3.8, 4) is 0 Å². The number of hydrogen-bond donors (Lipinski definition) is 1. The minimum atomic E-state index is 0.546. The maximum atomic E-state index is 5.98. The number of halogens is 1. The van der Waals surface area contributed by atoms with Crippen molar-refractivity contribution < 1.29 is 0 Å². The third-order valence-corrected chi connectivity index (χ3v) is 5.48. The highest BCUT2D eigenvalue weighted by Crippen LogP contribution is 2.18. The fourth-order valence-electron chi connectivity index (χ4n) is 3.76. The zero-order valence-electron chi connectivity index (χ0n) is 15.6. The van der Waals surface area contributed by atoms with Crippen LogP contribution in [0.15, 0.2) is 24.3 Å². The fraction of sp³-hybridized carbons (Fsp3) is 0.550. The minimum absolute atomic E-state index is 0.546. The average molecular weight is 361 g/mol. The van der Waals surface area contributed by atoms with Gasteiger partial charge in [0, 0.05) is 48.5 Å². The molecule has 1 aliphatic heterocycles. The Labute approximate surface area is 156 Å². The van der Waals surface area contributed by atoms with Crippen LogP contribution in [0.5, 0.6) is 0 Å². The number of nitrogens with zero attached hydrogens (tertiary/aromatic N) is 3. The Hall–Kier alpha value is -1.36. The smallest absolute Gasteiger partial charge is 0.0641 e. The molecule has 1 unspecified atom stereocenters. The van der Waals surface area contributed by atoms with Gasteiger partial charge in [0.2, 0.25) is 0 Å². The lowest BCUT2D eigenvalue weighted by Crippen LogP contribution is -2.45. The molecule has 136 valence electrons. The summed E-state index contributed by atoms with van der Waals surface area (Å²) in [6.07, 6.45) is 2.49. The molecule has 5 heteroatoms. The van der Waals surface area contributed by atoms with Gasteiger partial charge in [0.05, 0.1) is 5.69 Å². The van der Waals surface area contributed by atoms with Gasteiger partial charge in [0.1, 0.15) is 0 Å². The van der Waals surface area contributed by atoms with E-state index in [0.29, 0.717) is 6.04 Å². The SMILES string of the molecule is CCn1nc(C)c(CNC2CCCN(Cc3ccc(Cl)cc3)C2)c1C. The molecule has 3 rings (SSSR count). The maximum Gasteiger partial charge on any atom is 0.0641 e. The molecule has 1 saturated heterocycles. The molecule has 1 aromatic heterocycles. The first-order valence-electron chi connectivity index (χ1n) is 9.30. The number of benzene rings is 1. The zero-order valence-corrected chi connectivity index (χ0v) is 16.3. The molecular formula is C20H29ClN4. The maximum absolute atomic E-state index is 5.98. The lowest BCUT2D eigenvalue weighted by atomic mass is 10.0. The van der Waals surface area contributed by atoms with Crippen molar-refractivity contribution in [1.29, 1.82) is 0 Å². The number of likely N-dealkylation sites (tertiary alicyclic amines) is 1.